The van der Waals surface area contributed by atoms with Gasteiger partial charge in [-0.1, -0.05) is 6.07 Å². The molecular weight excluding hydrogens is 200 g/mol. The maximum absolute atomic E-state index is 8.86. The average molecular weight is 212 g/mol. The number of methoxy groups -OCH3 is 1. The molecule has 0 bridgehead atoms. The lowest BCUT2D eigenvalue weighted by Gasteiger charge is -2.07. The number of nitrogens with zero attached hydrogens (tertiary/aromatic N) is 2. The Morgan fingerprint density at radius 3 is 2.69 bits per heavy atom. The molecule has 0 saturated carbocycles. The van der Waals surface area contributed by atoms with Crippen molar-refractivity contribution in [3.8, 4) is 11.8 Å². The Bertz CT molecular complexity index is 509. The van der Waals surface area contributed by atoms with Crippen molar-refractivity contribution in [1.82, 2.24) is 4.57 Å². The Morgan fingerprint density at radius 1 is 1.31 bits per heavy atom. The fourth-order valence-corrected chi connectivity index (χ4v) is 1.61. The van der Waals surface area contributed by atoms with Crippen LogP contribution in [0, 0.1) is 11.3 Å². The fourth-order valence-electron chi connectivity index (χ4n) is 1.61. The molecule has 0 saturated heterocycles. The van der Waals surface area contributed by atoms with Gasteiger partial charge in [0.2, 0.25) is 0 Å². The smallest absolute Gasteiger partial charge is 0.136 e. The van der Waals surface area contributed by atoms with Crippen LogP contribution in [0.3, 0.4) is 0 Å². The van der Waals surface area contributed by atoms with Crippen LogP contribution in [0.2, 0.25) is 0 Å². The van der Waals surface area contributed by atoms with E-state index in [1.807, 2.05) is 36.7 Å². The first-order valence-corrected chi connectivity index (χ1v) is 5.01. The van der Waals surface area contributed by atoms with Gasteiger partial charge in [0.05, 0.1) is 12.7 Å². The van der Waals surface area contributed by atoms with Crippen LogP contribution in [-0.2, 0) is 6.54 Å². The predicted octanol–water partition coefficient (Wildman–Crippen LogP) is 2.42. The monoisotopic (exact) mass is 212 g/mol. The maximum Gasteiger partial charge on any atom is 0.136 e. The summed E-state index contributed by atoms with van der Waals surface area (Å²) in [5.74, 6) is 0.632. The summed E-state index contributed by atoms with van der Waals surface area (Å²) in [6, 6.07) is 11.7. The molecule has 2 rings (SSSR count). The van der Waals surface area contributed by atoms with Crippen molar-refractivity contribution < 1.29 is 4.74 Å². The van der Waals surface area contributed by atoms with Crippen molar-refractivity contribution in [3.05, 3.63) is 53.9 Å². The largest absolute Gasteiger partial charge is 0.495 e. The van der Waals surface area contributed by atoms with Crippen LogP contribution in [0.15, 0.2) is 42.7 Å². The van der Waals surface area contributed by atoms with Crippen LogP contribution in [0.5, 0.6) is 5.75 Å². The highest BCUT2D eigenvalue weighted by atomic mass is 16.5. The number of hydrogen-bond donors (Lipinski definition) is 0. The van der Waals surface area contributed by atoms with Gasteiger partial charge < -0.3 is 9.30 Å². The van der Waals surface area contributed by atoms with E-state index in [1.54, 1.807) is 13.2 Å². The third kappa shape index (κ3) is 2.06. The van der Waals surface area contributed by atoms with Gasteiger partial charge in [-0.15, -0.1) is 0 Å². The molecule has 80 valence electrons. The van der Waals surface area contributed by atoms with Gasteiger partial charge in [0, 0.05) is 18.9 Å². The molecule has 0 amide bonds. The summed E-state index contributed by atoms with van der Waals surface area (Å²) in [5, 5.41) is 8.86. The highest BCUT2D eigenvalue weighted by Gasteiger charge is 2.03. The minimum Gasteiger partial charge on any atom is -0.495 e. The van der Waals surface area contributed by atoms with E-state index in [9.17, 15) is 0 Å². The highest BCUT2D eigenvalue weighted by Crippen LogP contribution is 2.19. The molecule has 3 heteroatoms. The van der Waals surface area contributed by atoms with Gasteiger partial charge in [-0.05, 0) is 29.8 Å². The minimum atomic E-state index is 0.568. The second-order valence-corrected chi connectivity index (χ2v) is 3.50. The van der Waals surface area contributed by atoms with Crippen molar-refractivity contribution in [1.29, 1.82) is 5.26 Å². The van der Waals surface area contributed by atoms with Gasteiger partial charge in [-0.2, -0.15) is 5.26 Å². The summed E-state index contributed by atoms with van der Waals surface area (Å²) in [6.07, 6.45) is 4.01. The summed E-state index contributed by atoms with van der Waals surface area (Å²) < 4.78 is 7.23. The lowest BCUT2D eigenvalue weighted by molar-refractivity contribution is 0.413. The third-order valence-electron chi connectivity index (χ3n) is 2.42. The summed E-state index contributed by atoms with van der Waals surface area (Å²) in [7, 11) is 1.58. The van der Waals surface area contributed by atoms with Gasteiger partial charge in [0.1, 0.15) is 11.8 Å². The lowest BCUT2D eigenvalue weighted by atomic mass is 10.1. The van der Waals surface area contributed by atoms with E-state index in [4.69, 9.17) is 10.00 Å². The van der Waals surface area contributed by atoms with E-state index in [0.717, 1.165) is 12.1 Å². The summed E-state index contributed by atoms with van der Waals surface area (Å²) in [5.41, 5.74) is 1.69. The molecule has 0 unspecified atom stereocenters. The van der Waals surface area contributed by atoms with E-state index in [2.05, 4.69) is 10.6 Å². The predicted molar refractivity (Wildman–Crippen MR) is 61.2 cm³/mol. The Morgan fingerprint density at radius 2 is 2.06 bits per heavy atom. The zero-order valence-corrected chi connectivity index (χ0v) is 9.05. The third-order valence-corrected chi connectivity index (χ3v) is 2.42. The highest BCUT2D eigenvalue weighted by molar-refractivity contribution is 5.45. The number of benzene rings is 1. The number of rotatable bonds is 3. The van der Waals surface area contributed by atoms with Crippen molar-refractivity contribution >= 4 is 0 Å². The van der Waals surface area contributed by atoms with Crippen molar-refractivity contribution in [3.63, 3.8) is 0 Å². The van der Waals surface area contributed by atoms with Gasteiger partial charge in [-0.3, -0.25) is 0 Å². The van der Waals surface area contributed by atoms with E-state index >= 15 is 0 Å². The molecular formula is C13H12N2O. The van der Waals surface area contributed by atoms with Crippen LogP contribution in [-0.4, -0.2) is 11.7 Å². The van der Waals surface area contributed by atoms with E-state index in [1.165, 1.54) is 0 Å². The van der Waals surface area contributed by atoms with Crippen LogP contribution in [0.4, 0.5) is 0 Å². The van der Waals surface area contributed by atoms with Crippen LogP contribution < -0.4 is 4.74 Å². The Hall–Kier alpha value is -2.21. The average Bonchev–Trinajstić information content (AvgIpc) is 2.81. The van der Waals surface area contributed by atoms with Crippen molar-refractivity contribution in [2.45, 2.75) is 6.54 Å². The standard InChI is InChI=1S/C13H12N2O/c1-16-13-8-11(4-5-12(13)9-14)10-15-6-2-3-7-15/h2-8H,10H2,1H3. The Balaban J connectivity index is 2.27. The molecule has 3 nitrogen and oxygen atoms in total. The topological polar surface area (TPSA) is 38.0 Å². The van der Waals surface area contributed by atoms with Crippen LogP contribution >= 0.6 is 0 Å². The fraction of sp³-hybridized carbons (Fsp3) is 0.154. The first kappa shape index (κ1) is 10.3. The van der Waals surface area contributed by atoms with E-state index in [-0.39, 0.29) is 0 Å². The second-order valence-electron chi connectivity index (χ2n) is 3.50. The summed E-state index contributed by atoms with van der Waals surface area (Å²) in [4.78, 5) is 0. The molecule has 0 aliphatic heterocycles. The quantitative estimate of drug-likeness (QED) is 0.783. The maximum atomic E-state index is 8.86. The van der Waals surface area contributed by atoms with E-state index < -0.39 is 0 Å². The first-order chi connectivity index (χ1) is 7.83. The molecule has 1 aromatic heterocycles. The normalized spacial score (nSPS) is 9.75. The number of nitriles is 1. The summed E-state index contributed by atoms with van der Waals surface area (Å²) in [6.45, 7) is 0.787. The molecule has 0 N–H and O–H groups in total. The Kier molecular flexibility index (Phi) is 2.93. The number of ether oxygens (including phenoxy) is 1. The second kappa shape index (κ2) is 4.54. The van der Waals surface area contributed by atoms with Crippen molar-refractivity contribution in [2.75, 3.05) is 7.11 Å². The number of aromatic nitrogens is 1. The number of hydrogen-bond acceptors (Lipinski definition) is 2. The minimum absolute atomic E-state index is 0.568. The molecule has 0 atom stereocenters. The molecule has 16 heavy (non-hydrogen) atoms. The van der Waals surface area contributed by atoms with Gasteiger partial charge >= 0.3 is 0 Å². The zero-order chi connectivity index (χ0) is 11.4. The first-order valence-electron chi connectivity index (χ1n) is 5.01. The van der Waals surface area contributed by atoms with E-state index in [0.29, 0.717) is 11.3 Å². The lowest BCUT2D eigenvalue weighted by Crippen LogP contribution is -1.97. The SMILES string of the molecule is COc1cc(Cn2cccc2)ccc1C#N. The van der Waals surface area contributed by atoms with Gasteiger partial charge in [0.25, 0.3) is 0 Å². The van der Waals surface area contributed by atoms with Crippen LogP contribution in [0.25, 0.3) is 0 Å². The van der Waals surface area contributed by atoms with Crippen LogP contribution in [0.1, 0.15) is 11.1 Å². The molecule has 0 radical (unpaired) electrons. The Labute approximate surface area is 94.5 Å². The molecule has 0 fully saturated rings. The van der Waals surface area contributed by atoms with Crippen molar-refractivity contribution in [2.24, 2.45) is 0 Å². The molecule has 1 aromatic carbocycles. The molecule has 1 heterocycles. The molecule has 0 aliphatic carbocycles. The molecule has 0 aliphatic rings. The van der Waals surface area contributed by atoms with Gasteiger partial charge in [0.15, 0.2) is 0 Å². The molecule has 0 spiro atoms. The summed E-state index contributed by atoms with van der Waals surface area (Å²) >= 11 is 0. The van der Waals surface area contributed by atoms with Gasteiger partial charge in [-0.25, -0.2) is 0 Å². The zero-order valence-electron chi connectivity index (χ0n) is 9.05. The molecule has 2 aromatic rings.